The second-order valence-electron chi connectivity index (χ2n) is 8.10. The van der Waals surface area contributed by atoms with E-state index < -0.39 is 60.5 Å². The number of benzene rings is 1. The van der Waals surface area contributed by atoms with Crippen molar-refractivity contribution in [2.45, 2.75) is 73.9 Å². The molecular formula is C20H19F13O3. The largest absolute Gasteiger partial charge is 0.460 e. The Bertz CT molecular complexity index is 889. The van der Waals surface area contributed by atoms with Gasteiger partial charge in [-0.05, 0) is 18.9 Å². The standard InChI is InChI=1S/C20H19F13O3/c1-11(34)12-3-5-13(6-4-12)14(35-9-2-10-36-14)7-8-15(21,22)16(23,24)17(25,26)18(27,28)19(29,30)20(31,32)33/h3-6,11,34H,2,7-10H2,1H3. The van der Waals surface area contributed by atoms with Crippen molar-refractivity contribution >= 4 is 0 Å². The molecular weight excluding hydrogens is 535 g/mol. The predicted molar refractivity (Wildman–Crippen MR) is 95.3 cm³/mol. The van der Waals surface area contributed by atoms with Crippen LogP contribution in [-0.4, -0.2) is 54.1 Å². The maximum Gasteiger partial charge on any atom is 0.460 e. The molecule has 1 N–H and O–H groups in total. The van der Waals surface area contributed by atoms with Gasteiger partial charge in [0, 0.05) is 18.4 Å². The van der Waals surface area contributed by atoms with Crippen molar-refractivity contribution in [3.8, 4) is 0 Å². The van der Waals surface area contributed by atoms with Crippen molar-refractivity contribution in [2.75, 3.05) is 13.2 Å². The quantitative estimate of drug-likeness (QED) is 0.340. The Balaban J connectivity index is 2.40. The molecule has 1 heterocycles. The van der Waals surface area contributed by atoms with Crippen LogP contribution in [0.4, 0.5) is 57.1 Å². The van der Waals surface area contributed by atoms with Crippen LogP contribution in [-0.2, 0) is 15.3 Å². The van der Waals surface area contributed by atoms with E-state index in [2.05, 4.69) is 0 Å². The monoisotopic (exact) mass is 554 g/mol. The Labute approximate surface area is 195 Å². The number of hydrogen-bond acceptors (Lipinski definition) is 3. The first kappa shape index (κ1) is 30.4. The Morgan fingerprint density at radius 1 is 0.750 bits per heavy atom. The zero-order chi connectivity index (χ0) is 28.0. The van der Waals surface area contributed by atoms with Crippen LogP contribution in [0.2, 0.25) is 0 Å². The molecule has 208 valence electrons. The third kappa shape index (κ3) is 4.87. The van der Waals surface area contributed by atoms with Crippen LogP contribution in [0.1, 0.15) is 43.4 Å². The number of aliphatic hydroxyl groups is 1. The molecule has 0 spiro atoms. The van der Waals surface area contributed by atoms with Crippen molar-refractivity contribution in [3.63, 3.8) is 0 Å². The van der Waals surface area contributed by atoms with Crippen LogP contribution in [0, 0.1) is 0 Å². The lowest BCUT2D eigenvalue weighted by Gasteiger charge is -2.42. The van der Waals surface area contributed by atoms with Gasteiger partial charge in [0.1, 0.15) is 0 Å². The van der Waals surface area contributed by atoms with E-state index in [0.717, 1.165) is 12.1 Å². The second kappa shape index (κ2) is 9.49. The van der Waals surface area contributed by atoms with E-state index in [1.165, 1.54) is 19.1 Å². The molecule has 1 fully saturated rings. The summed E-state index contributed by atoms with van der Waals surface area (Å²) in [6.07, 6.45) is -12.1. The average molecular weight is 554 g/mol. The first-order chi connectivity index (χ1) is 16.1. The van der Waals surface area contributed by atoms with Gasteiger partial charge in [0.15, 0.2) is 5.79 Å². The lowest BCUT2D eigenvalue weighted by Crippen LogP contribution is -2.70. The summed E-state index contributed by atoms with van der Waals surface area (Å²) in [7, 11) is 0. The molecule has 0 bridgehead atoms. The minimum Gasteiger partial charge on any atom is -0.389 e. The van der Waals surface area contributed by atoms with Crippen molar-refractivity contribution in [3.05, 3.63) is 35.4 Å². The Morgan fingerprint density at radius 2 is 1.19 bits per heavy atom. The maximum absolute atomic E-state index is 14.3. The van der Waals surface area contributed by atoms with Gasteiger partial charge in [0.05, 0.1) is 19.3 Å². The highest BCUT2D eigenvalue weighted by molar-refractivity contribution is 5.27. The molecule has 0 radical (unpaired) electrons. The van der Waals surface area contributed by atoms with Crippen LogP contribution in [0.5, 0.6) is 0 Å². The summed E-state index contributed by atoms with van der Waals surface area (Å²) in [5.74, 6) is -39.5. The fourth-order valence-electron chi connectivity index (χ4n) is 3.33. The summed E-state index contributed by atoms with van der Waals surface area (Å²) < 4.78 is 184. The number of halogens is 13. The number of rotatable bonds is 9. The lowest BCUT2D eigenvalue weighted by molar-refractivity contribution is -0.440. The summed E-state index contributed by atoms with van der Waals surface area (Å²) in [6, 6.07) is 4.81. The number of alkyl halides is 13. The third-order valence-electron chi connectivity index (χ3n) is 5.56. The van der Waals surface area contributed by atoms with Gasteiger partial charge in [-0.25, -0.2) is 0 Å². The molecule has 16 heteroatoms. The minimum atomic E-state index is -7.95. The van der Waals surface area contributed by atoms with E-state index in [0.29, 0.717) is 5.56 Å². The Hall–Kier alpha value is -1.81. The molecule has 0 amide bonds. The van der Waals surface area contributed by atoms with E-state index in [1.54, 1.807) is 0 Å². The highest BCUT2D eigenvalue weighted by Crippen LogP contribution is 2.61. The van der Waals surface area contributed by atoms with Crippen molar-refractivity contribution in [2.24, 2.45) is 0 Å². The molecule has 3 nitrogen and oxygen atoms in total. The van der Waals surface area contributed by atoms with E-state index in [-0.39, 0.29) is 25.2 Å². The summed E-state index contributed by atoms with van der Waals surface area (Å²) in [5, 5.41) is 9.54. The highest BCUT2D eigenvalue weighted by Gasteiger charge is 2.90. The molecule has 1 aromatic carbocycles. The molecule has 1 aliphatic heterocycles. The molecule has 0 saturated carbocycles. The zero-order valence-corrected chi connectivity index (χ0v) is 18.1. The van der Waals surface area contributed by atoms with Gasteiger partial charge >= 0.3 is 35.8 Å². The van der Waals surface area contributed by atoms with Gasteiger partial charge in [0.25, 0.3) is 0 Å². The van der Waals surface area contributed by atoms with Gasteiger partial charge in [-0.2, -0.15) is 57.1 Å². The first-order valence-electron chi connectivity index (χ1n) is 10.1. The molecule has 0 aromatic heterocycles. The average Bonchev–Trinajstić information content (AvgIpc) is 2.77. The smallest absolute Gasteiger partial charge is 0.389 e. The van der Waals surface area contributed by atoms with E-state index in [4.69, 9.17) is 9.47 Å². The van der Waals surface area contributed by atoms with Crippen LogP contribution in [0.25, 0.3) is 0 Å². The molecule has 1 unspecified atom stereocenters. The van der Waals surface area contributed by atoms with Crippen LogP contribution in [0.3, 0.4) is 0 Å². The minimum absolute atomic E-state index is 0.133. The number of ether oxygens (including phenoxy) is 2. The van der Waals surface area contributed by atoms with Crippen LogP contribution in [0.15, 0.2) is 24.3 Å². The fourth-order valence-corrected chi connectivity index (χ4v) is 3.33. The summed E-state index contributed by atoms with van der Waals surface area (Å²) in [4.78, 5) is 0. The normalized spacial score (nSPS) is 19.3. The SMILES string of the molecule is CC(O)c1ccc(C2(CCC(F)(F)C(F)(F)C(F)(F)C(F)(F)C(F)(F)C(F)(F)F)OCCCO2)cc1. The van der Waals surface area contributed by atoms with Crippen LogP contribution >= 0.6 is 0 Å². The van der Waals surface area contributed by atoms with Gasteiger partial charge < -0.3 is 14.6 Å². The summed E-state index contributed by atoms with van der Waals surface area (Å²) in [5.41, 5.74) is 0.167. The number of hydrogen-bond donors (Lipinski definition) is 1. The predicted octanol–water partition coefficient (Wildman–Crippen LogP) is 6.85. The molecule has 0 aliphatic carbocycles. The molecule has 1 atom stereocenters. The van der Waals surface area contributed by atoms with E-state index in [9.17, 15) is 62.2 Å². The molecule has 1 saturated heterocycles. The molecule has 36 heavy (non-hydrogen) atoms. The maximum atomic E-state index is 14.3. The van der Waals surface area contributed by atoms with E-state index in [1.807, 2.05) is 0 Å². The topological polar surface area (TPSA) is 38.7 Å². The van der Waals surface area contributed by atoms with Gasteiger partial charge in [-0.1, -0.05) is 24.3 Å². The summed E-state index contributed by atoms with van der Waals surface area (Å²) >= 11 is 0. The van der Waals surface area contributed by atoms with Gasteiger partial charge in [-0.15, -0.1) is 0 Å². The van der Waals surface area contributed by atoms with Gasteiger partial charge in [0.2, 0.25) is 0 Å². The molecule has 1 aliphatic rings. The third-order valence-corrected chi connectivity index (χ3v) is 5.56. The van der Waals surface area contributed by atoms with Crippen LogP contribution < -0.4 is 0 Å². The molecule has 2 rings (SSSR count). The lowest BCUT2D eigenvalue weighted by atomic mass is 9.89. The molecule has 1 aromatic rings. The fraction of sp³-hybridized carbons (Fsp3) is 0.700. The Kier molecular flexibility index (Phi) is 8.02. The Morgan fingerprint density at radius 3 is 1.61 bits per heavy atom. The van der Waals surface area contributed by atoms with Crippen molar-refractivity contribution in [1.29, 1.82) is 0 Å². The number of aliphatic hydroxyl groups excluding tert-OH is 1. The summed E-state index contributed by atoms with van der Waals surface area (Å²) in [6.45, 7) is 0.928. The van der Waals surface area contributed by atoms with Gasteiger partial charge in [-0.3, -0.25) is 0 Å². The van der Waals surface area contributed by atoms with E-state index >= 15 is 0 Å². The first-order valence-corrected chi connectivity index (χ1v) is 10.1. The van der Waals surface area contributed by atoms with Crippen molar-refractivity contribution in [1.82, 2.24) is 0 Å². The second-order valence-corrected chi connectivity index (χ2v) is 8.10. The zero-order valence-electron chi connectivity index (χ0n) is 18.1. The highest BCUT2D eigenvalue weighted by atomic mass is 19.4. The van der Waals surface area contributed by atoms with Crippen molar-refractivity contribution < 1.29 is 71.7 Å².